The van der Waals surface area contributed by atoms with E-state index in [1.165, 1.54) is 12.0 Å². The fraction of sp³-hybridized carbons (Fsp3) is 0.647. The lowest BCUT2D eigenvalue weighted by Gasteiger charge is -2.13. The number of nitrogens with zero attached hydrogens (tertiary/aromatic N) is 1. The van der Waals surface area contributed by atoms with E-state index >= 15 is 0 Å². The number of hydrogen-bond acceptors (Lipinski definition) is 1. The van der Waals surface area contributed by atoms with Crippen molar-refractivity contribution in [2.24, 2.45) is 5.92 Å². The largest absolute Gasteiger partial charge is 0.306 e. The molecule has 0 aromatic heterocycles. The van der Waals surface area contributed by atoms with Gasteiger partial charge in [0, 0.05) is 6.54 Å². The molecule has 1 atom stereocenters. The first kappa shape index (κ1) is 19.5. The summed E-state index contributed by atoms with van der Waals surface area (Å²) in [5.41, 5.74) is 1.48. The van der Waals surface area contributed by atoms with Crippen LogP contribution in [0.5, 0.6) is 0 Å². The first-order chi connectivity index (χ1) is 8.60. The molecule has 1 heteroatoms. The third-order valence-electron chi connectivity index (χ3n) is 2.69. The molecule has 0 bridgehead atoms. The number of hydrogen-bond donors (Lipinski definition) is 0. The highest BCUT2D eigenvalue weighted by Gasteiger charge is 1.97. The second-order valence-corrected chi connectivity index (χ2v) is 4.43. The van der Waals surface area contributed by atoms with Crippen LogP contribution in [-0.4, -0.2) is 25.0 Å². The van der Waals surface area contributed by atoms with Gasteiger partial charge in [0.2, 0.25) is 0 Å². The molecule has 0 saturated carbocycles. The zero-order chi connectivity index (χ0) is 14.4. The van der Waals surface area contributed by atoms with Crippen molar-refractivity contribution in [1.29, 1.82) is 0 Å². The molecular formula is C17H33N. The van der Waals surface area contributed by atoms with E-state index in [9.17, 15) is 0 Å². The Balaban J connectivity index is 0. The van der Waals surface area contributed by atoms with Gasteiger partial charge in [0.1, 0.15) is 0 Å². The predicted octanol–water partition coefficient (Wildman–Crippen LogP) is 5.07. The van der Waals surface area contributed by atoms with Gasteiger partial charge in [0.05, 0.1) is 0 Å². The van der Waals surface area contributed by atoms with E-state index < -0.39 is 0 Å². The summed E-state index contributed by atoms with van der Waals surface area (Å²) in [6, 6.07) is 0. The lowest BCUT2D eigenvalue weighted by atomic mass is 10.1. The van der Waals surface area contributed by atoms with E-state index in [1.54, 1.807) is 0 Å². The Morgan fingerprint density at radius 1 is 1.22 bits per heavy atom. The van der Waals surface area contributed by atoms with E-state index in [2.05, 4.69) is 63.1 Å². The van der Waals surface area contributed by atoms with Crippen molar-refractivity contribution in [3.8, 4) is 0 Å². The van der Waals surface area contributed by atoms with Crippen LogP contribution >= 0.6 is 0 Å². The van der Waals surface area contributed by atoms with E-state index in [1.807, 2.05) is 20.8 Å². The van der Waals surface area contributed by atoms with Crippen molar-refractivity contribution in [3.63, 3.8) is 0 Å². The quantitative estimate of drug-likeness (QED) is 0.451. The summed E-state index contributed by atoms with van der Waals surface area (Å²) in [4.78, 5) is 2.34. The van der Waals surface area contributed by atoms with Crippen LogP contribution in [-0.2, 0) is 0 Å². The summed E-state index contributed by atoms with van der Waals surface area (Å²) < 4.78 is 0. The molecule has 0 fully saturated rings. The second kappa shape index (κ2) is 14.2. The molecule has 0 aliphatic carbocycles. The fourth-order valence-corrected chi connectivity index (χ4v) is 1.46. The van der Waals surface area contributed by atoms with Crippen LogP contribution in [0.2, 0.25) is 0 Å². The number of allylic oxidation sites excluding steroid dienone is 5. The van der Waals surface area contributed by atoms with Crippen LogP contribution in [0.1, 0.15) is 48.0 Å². The van der Waals surface area contributed by atoms with Crippen LogP contribution in [0.4, 0.5) is 0 Å². The van der Waals surface area contributed by atoms with Gasteiger partial charge in [-0.25, -0.2) is 0 Å². The molecule has 1 nitrogen and oxygen atoms in total. The van der Waals surface area contributed by atoms with E-state index in [0.717, 1.165) is 13.1 Å². The van der Waals surface area contributed by atoms with Crippen molar-refractivity contribution in [2.75, 3.05) is 20.1 Å². The molecule has 1 unspecified atom stereocenters. The van der Waals surface area contributed by atoms with Gasteiger partial charge in [-0.05, 0) is 39.8 Å². The van der Waals surface area contributed by atoms with Gasteiger partial charge < -0.3 is 4.90 Å². The van der Waals surface area contributed by atoms with Crippen molar-refractivity contribution in [1.82, 2.24) is 4.90 Å². The minimum Gasteiger partial charge on any atom is -0.306 e. The van der Waals surface area contributed by atoms with Gasteiger partial charge in [0.25, 0.3) is 0 Å². The molecule has 0 heterocycles. The van der Waals surface area contributed by atoms with Gasteiger partial charge in [-0.15, -0.1) is 0 Å². The van der Waals surface area contributed by atoms with Crippen molar-refractivity contribution >= 4 is 0 Å². The molecule has 0 aromatic rings. The summed E-state index contributed by atoms with van der Waals surface area (Å²) in [5, 5.41) is 0. The van der Waals surface area contributed by atoms with Crippen LogP contribution < -0.4 is 0 Å². The van der Waals surface area contributed by atoms with Gasteiger partial charge in [-0.2, -0.15) is 0 Å². The zero-order valence-electron chi connectivity index (χ0n) is 13.5. The standard InChI is InChI=1S/C15H27N.C2H6/c1-6-8-9-10-14(3)13-15(4)11-12-16(5)7-2;1-2/h6,8-10,13-14H,7,11-12H2,1-5H3;1-2H3/b8-6-,10-9-,15-13-;. The maximum absolute atomic E-state index is 2.35. The average molecular weight is 251 g/mol. The molecule has 0 radical (unpaired) electrons. The van der Waals surface area contributed by atoms with E-state index in [0.29, 0.717) is 5.92 Å². The normalized spacial score (nSPS) is 14.1. The van der Waals surface area contributed by atoms with Gasteiger partial charge in [-0.3, -0.25) is 0 Å². The van der Waals surface area contributed by atoms with Gasteiger partial charge in [-0.1, -0.05) is 63.6 Å². The van der Waals surface area contributed by atoms with Crippen molar-refractivity contribution < 1.29 is 0 Å². The second-order valence-electron chi connectivity index (χ2n) is 4.43. The average Bonchev–Trinajstić information content (AvgIpc) is 2.38. The maximum atomic E-state index is 2.35. The summed E-state index contributed by atoms with van der Waals surface area (Å²) in [5.74, 6) is 0.531. The highest BCUT2D eigenvalue weighted by Crippen LogP contribution is 2.08. The SMILES string of the molecule is C/C=C\C=C/C(C)/C=C(/C)CCN(C)CC.CC. The van der Waals surface area contributed by atoms with E-state index in [4.69, 9.17) is 0 Å². The number of rotatable bonds is 7. The molecule has 106 valence electrons. The monoisotopic (exact) mass is 251 g/mol. The summed E-state index contributed by atoms with van der Waals surface area (Å²) >= 11 is 0. The highest BCUT2D eigenvalue weighted by molar-refractivity contribution is 5.10. The topological polar surface area (TPSA) is 3.24 Å². The molecule has 0 aliphatic rings. The summed E-state index contributed by atoms with van der Waals surface area (Å²) in [6.45, 7) is 15.0. The minimum absolute atomic E-state index is 0.531. The molecule has 0 amide bonds. The molecule has 0 aliphatic heterocycles. The maximum Gasteiger partial charge on any atom is 0.00153 e. The first-order valence-corrected chi connectivity index (χ1v) is 7.25. The van der Waals surface area contributed by atoms with Gasteiger partial charge >= 0.3 is 0 Å². The molecule has 0 spiro atoms. The van der Waals surface area contributed by atoms with Gasteiger partial charge in [0.15, 0.2) is 0 Å². The van der Waals surface area contributed by atoms with Crippen LogP contribution in [0.15, 0.2) is 36.0 Å². The lowest BCUT2D eigenvalue weighted by molar-refractivity contribution is 0.357. The Morgan fingerprint density at radius 2 is 1.83 bits per heavy atom. The highest BCUT2D eigenvalue weighted by atomic mass is 15.1. The molecular weight excluding hydrogens is 218 g/mol. The minimum atomic E-state index is 0.531. The molecule has 0 saturated heterocycles. The zero-order valence-corrected chi connectivity index (χ0v) is 13.5. The predicted molar refractivity (Wildman–Crippen MR) is 86.0 cm³/mol. The van der Waals surface area contributed by atoms with Crippen LogP contribution in [0.3, 0.4) is 0 Å². The fourth-order valence-electron chi connectivity index (χ4n) is 1.46. The lowest BCUT2D eigenvalue weighted by Crippen LogP contribution is -2.18. The van der Waals surface area contributed by atoms with Crippen LogP contribution in [0.25, 0.3) is 0 Å². The Hall–Kier alpha value is -0.820. The van der Waals surface area contributed by atoms with Crippen molar-refractivity contribution in [2.45, 2.75) is 48.0 Å². The Morgan fingerprint density at radius 3 is 2.33 bits per heavy atom. The summed E-state index contributed by atoms with van der Waals surface area (Å²) in [6.07, 6.45) is 12.0. The Labute approximate surface area is 115 Å². The summed E-state index contributed by atoms with van der Waals surface area (Å²) in [7, 11) is 2.17. The molecule has 0 rings (SSSR count). The molecule has 0 aromatic carbocycles. The van der Waals surface area contributed by atoms with Crippen LogP contribution in [0, 0.1) is 5.92 Å². The third kappa shape index (κ3) is 13.2. The van der Waals surface area contributed by atoms with Crippen molar-refractivity contribution in [3.05, 3.63) is 36.0 Å². The smallest absolute Gasteiger partial charge is 0.00153 e. The third-order valence-corrected chi connectivity index (χ3v) is 2.69. The molecule has 18 heavy (non-hydrogen) atoms. The first-order valence-electron chi connectivity index (χ1n) is 7.25. The Bertz CT molecular complexity index is 248. The van der Waals surface area contributed by atoms with E-state index in [-0.39, 0.29) is 0 Å². The Kier molecular flexibility index (Phi) is 15.4. The molecule has 0 N–H and O–H groups in total.